The Morgan fingerprint density at radius 1 is 1.10 bits per heavy atom. The smallest absolute Gasteiger partial charge is 0.136 e. The molecule has 0 spiro atoms. The predicted molar refractivity (Wildman–Crippen MR) is 87.1 cm³/mol. The summed E-state index contributed by atoms with van der Waals surface area (Å²) in [5.41, 5.74) is 8.17. The molecular weight excluding hydrogens is 314 g/mol. The third-order valence-electron chi connectivity index (χ3n) is 3.25. The molecule has 0 saturated heterocycles. The Labute approximate surface area is 129 Å². The third kappa shape index (κ3) is 3.62. The van der Waals surface area contributed by atoms with Crippen molar-refractivity contribution >= 4 is 15.9 Å². The van der Waals surface area contributed by atoms with Crippen LogP contribution in [0.3, 0.4) is 0 Å². The van der Waals surface area contributed by atoms with Gasteiger partial charge in [-0.05, 0) is 35.2 Å². The van der Waals surface area contributed by atoms with Crippen LogP contribution in [0.25, 0.3) is 0 Å². The number of ether oxygens (including phenoxy) is 1. The van der Waals surface area contributed by atoms with E-state index in [1.54, 1.807) is 0 Å². The number of rotatable bonds is 5. The molecule has 2 nitrogen and oxygen atoms in total. The molecule has 0 heterocycles. The number of benzene rings is 2. The van der Waals surface area contributed by atoms with Gasteiger partial charge in [-0.15, -0.1) is 0 Å². The summed E-state index contributed by atoms with van der Waals surface area (Å²) < 4.78 is 7.22. The maximum Gasteiger partial charge on any atom is 0.136 e. The number of hydrogen-bond donors (Lipinski definition) is 1. The number of halogens is 1. The van der Waals surface area contributed by atoms with Crippen molar-refractivity contribution < 1.29 is 4.74 Å². The minimum absolute atomic E-state index is 0.116. The minimum Gasteiger partial charge on any atom is -0.484 e. The van der Waals surface area contributed by atoms with E-state index in [1.807, 2.05) is 42.5 Å². The van der Waals surface area contributed by atoms with Crippen LogP contribution in [0.5, 0.6) is 5.75 Å². The first-order chi connectivity index (χ1) is 9.61. The highest BCUT2D eigenvalue weighted by Crippen LogP contribution is 2.32. The molecule has 1 atom stereocenters. The first kappa shape index (κ1) is 15.1. The van der Waals surface area contributed by atoms with E-state index < -0.39 is 0 Å². The van der Waals surface area contributed by atoms with Gasteiger partial charge >= 0.3 is 0 Å². The highest BCUT2D eigenvalue weighted by Gasteiger charge is 2.15. The van der Waals surface area contributed by atoms with Crippen molar-refractivity contribution in [2.24, 2.45) is 5.73 Å². The zero-order valence-electron chi connectivity index (χ0n) is 11.8. The van der Waals surface area contributed by atoms with Crippen molar-refractivity contribution in [2.45, 2.75) is 25.9 Å². The second-order valence-corrected chi connectivity index (χ2v) is 6.01. The van der Waals surface area contributed by atoms with Crippen molar-refractivity contribution in [3.05, 3.63) is 64.1 Å². The quantitative estimate of drug-likeness (QED) is 0.864. The molecule has 0 fully saturated rings. The molecule has 3 heteroatoms. The molecule has 0 aliphatic rings. The summed E-state index contributed by atoms with van der Waals surface area (Å²) in [4.78, 5) is 0. The fourth-order valence-electron chi connectivity index (χ4n) is 2.15. The Bertz CT molecular complexity index is 554. The predicted octanol–water partition coefficient (Wildman–Crippen LogP) is 4.65. The number of hydrogen-bond acceptors (Lipinski definition) is 2. The molecule has 0 aromatic heterocycles. The third-order valence-corrected chi connectivity index (χ3v) is 3.74. The Morgan fingerprint density at radius 3 is 2.40 bits per heavy atom. The molecule has 2 N–H and O–H groups in total. The zero-order chi connectivity index (χ0) is 14.5. The van der Waals surface area contributed by atoms with E-state index in [0.29, 0.717) is 12.5 Å². The lowest BCUT2D eigenvalue weighted by atomic mass is 10.0. The average Bonchev–Trinajstić information content (AvgIpc) is 2.46. The topological polar surface area (TPSA) is 35.2 Å². The SMILES string of the molecule is CC(C)c1cc(Br)ccc1OC(CN)c1ccccc1. The molecule has 2 rings (SSSR count). The highest BCUT2D eigenvalue weighted by atomic mass is 79.9. The van der Waals surface area contributed by atoms with Gasteiger partial charge in [-0.3, -0.25) is 0 Å². The normalized spacial score (nSPS) is 12.4. The molecule has 0 aliphatic carbocycles. The first-order valence-electron chi connectivity index (χ1n) is 6.83. The van der Waals surface area contributed by atoms with Gasteiger partial charge in [0.1, 0.15) is 11.9 Å². The van der Waals surface area contributed by atoms with Crippen molar-refractivity contribution in [1.29, 1.82) is 0 Å². The molecule has 1 unspecified atom stereocenters. The largest absolute Gasteiger partial charge is 0.484 e. The Hall–Kier alpha value is -1.32. The van der Waals surface area contributed by atoms with Gasteiger partial charge in [0.25, 0.3) is 0 Å². The lowest BCUT2D eigenvalue weighted by molar-refractivity contribution is 0.211. The summed E-state index contributed by atoms with van der Waals surface area (Å²) in [6.07, 6.45) is -0.116. The maximum atomic E-state index is 6.15. The molecule has 20 heavy (non-hydrogen) atoms. The number of nitrogens with two attached hydrogens (primary N) is 1. The fraction of sp³-hybridized carbons (Fsp3) is 0.294. The summed E-state index contributed by atoms with van der Waals surface area (Å²) in [7, 11) is 0. The second-order valence-electron chi connectivity index (χ2n) is 5.09. The van der Waals surface area contributed by atoms with Crippen molar-refractivity contribution in [3.63, 3.8) is 0 Å². The summed E-state index contributed by atoms with van der Waals surface area (Å²) in [6, 6.07) is 16.2. The summed E-state index contributed by atoms with van der Waals surface area (Å²) in [6.45, 7) is 4.78. The Balaban J connectivity index is 2.28. The van der Waals surface area contributed by atoms with E-state index in [-0.39, 0.29) is 6.10 Å². The van der Waals surface area contributed by atoms with E-state index in [2.05, 4.69) is 35.8 Å². The van der Waals surface area contributed by atoms with Crippen molar-refractivity contribution in [1.82, 2.24) is 0 Å². The van der Waals surface area contributed by atoms with Crippen LogP contribution < -0.4 is 10.5 Å². The van der Waals surface area contributed by atoms with E-state index in [0.717, 1.165) is 15.8 Å². The van der Waals surface area contributed by atoms with E-state index >= 15 is 0 Å². The van der Waals surface area contributed by atoms with Crippen LogP contribution in [0.1, 0.15) is 37.0 Å². The highest BCUT2D eigenvalue weighted by molar-refractivity contribution is 9.10. The van der Waals surface area contributed by atoms with Crippen LogP contribution >= 0.6 is 15.9 Å². The van der Waals surface area contributed by atoms with Gasteiger partial charge in [0.15, 0.2) is 0 Å². The molecule has 0 saturated carbocycles. The van der Waals surface area contributed by atoms with Crippen molar-refractivity contribution in [3.8, 4) is 5.75 Å². The molecular formula is C17H20BrNO. The summed E-state index contributed by atoms with van der Waals surface area (Å²) >= 11 is 3.51. The Kier molecular flexibility index (Phi) is 5.21. The molecule has 106 valence electrons. The standard InChI is InChI=1S/C17H20BrNO/c1-12(2)15-10-14(18)8-9-16(15)20-17(11-19)13-6-4-3-5-7-13/h3-10,12,17H,11,19H2,1-2H3. The lowest BCUT2D eigenvalue weighted by Gasteiger charge is -2.21. The van der Waals surface area contributed by atoms with Gasteiger partial charge < -0.3 is 10.5 Å². The fourth-order valence-corrected chi connectivity index (χ4v) is 2.53. The van der Waals surface area contributed by atoms with Crippen molar-refractivity contribution in [2.75, 3.05) is 6.54 Å². The summed E-state index contributed by atoms with van der Waals surface area (Å²) in [5, 5.41) is 0. The lowest BCUT2D eigenvalue weighted by Crippen LogP contribution is -2.19. The van der Waals surface area contributed by atoms with Gasteiger partial charge in [-0.25, -0.2) is 0 Å². The van der Waals surface area contributed by atoms with E-state index in [9.17, 15) is 0 Å². The van der Waals surface area contributed by atoms with Crippen LogP contribution in [0.4, 0.5) is 0 Å². The molecule has 0 radical (unpaired) electrons. The van der Waals surface area contributed by atoms with Crippen LogP contribution in [0.15, 0.2) is 53.0 Å². The molecule has 2 aromatic carbocycles. The zero-order valence-corrected chi connectivity index (χ0v) is 13.4. The first-order valence-corrected chi connectivity index (χ1v) is 7.62. The molecule has 0 amide bonds. The van der Waals surface area contributed by atoms with Crippen LogP contribution in [-0.2, 0) is 0 Å². The van der Waals surface area contributed by atoms with Crippen LogP contribution in [-0.4, -0.2) is 6.54 Å². The van der Waals surface area contributed by atoms with E-state index in [1.165, 1.54) is 5.56 Å². The van der Waals surface area contributed by atoms with Gasteiger partial charge in [0.2, 0.25) is 0 Å². The maximum absolute atomic E-state index is 6.15. The van der Waals surface area contributed by atoms with Gasteiger partial charge in [0.05, 0.1) is 0 Å². The monoisotopic (exact) mass is 333 g/mol. The molecule has 2 aromatic rings. The van der Waals surface area contributed by atoms with E-state index in [4.69, 9.17) is 10.5 Å². The van der Waals surface area contributed by atoms with Crippen LogP contribution in [0, 0.1) is 0 Å². The Morgan fingerprint density at radius 2 is 1.80 bits per heavy atom. The van der Waals surface area contributed by atoms with Gasteiger partial charge in [-0.2, -0.15) is 0 Å². The van der Waals surface area contributed by atoms with Gasteiger partial charge in [-0.1, -0.05) is 60.1 Å². The summed E-state index contributed by atoms with van der Waals surface area (Å²) in [5.74, 6) is 1.30. The van der Waals surface area contributed by atoms with Gasteiger partial charge in [0, 0.05) is 11.0 Å². The molecule has 0 bridgehead atoms. The van der Waals surface area contributed by atoms with Crippen LogP contribution in [0.2, 0.25) is 0 Å². The molecule has 0 aliphatic heterocycles. The second kappa shape index (κ2) is 6.91. The average molecular weight is 334 g/mol. The minimum atomic E-state index is -0.116.